The van der Waals surface area contributed by atoms with Crippen LogP contribution < -0.4 is 5.32 Å². The van der Waals surface area contributed by atoms with Gasteiger partial charge in [-0.05, 0) is 38.5 Å². The third-order valence-corrected chi connectivity index (χ3v) is 10.9. The topological polar surface area (TPSA) is 105 Å². The summed E-state index contributed by atoms with van der Waals surface area (Å²) in [7, 11) is 1.57. The van der Waals surface area contributed by atoms with Crippen LogP contribution in [0.15, 0.2) is 24.3 Å². The zero-order chi connectivity index (χ0) is 39.3. The van der Waals surface area contributed by atoms with Crippen molar-refractivity contribution < 1.29 is 32.9 Å². The third-order valence-electron chi connectivity index (χ3n) is 9.92. The average Bonchev–Trinajstić information content (AvgIpc) is 3.10. The zero-order valence-electron chi connectivity index (χ0n) is 35.5. The third kappa shape index (κ3) is 39.0. The molecule has 0 radical (unpaired) electrons. The standard InChI is InChI=1S/C44H87N2O6P/c1-6-8-10-12-13-14-15-16-17-18-19-20-21-22-23-24-25-26-27-28-29-30-31-32-33-34-36-38-44(48)45-42(43(47)37-35-11-9-7-2)41-52-53(49,50)51-40-39-46(3,4)5/h18-19,35,37,42-43,47H,6-17,20-34,36,38-41H2,1-5H3,(H-,45,48,49,50)/p+1/b19-18-,37-35+. The van der Waals surface area contributed by atoms with Crippen molar-refractivity contribution in [3.63, 3.8) is 0 Å². The van der Waals surface area contributed by atoms with Gasteiger partial charge in [0.25, 0.3) is 0 Å². The Bertz CT molecular complexity index is 922. The molecular formula is C44H88N2O6P+. The summed E-state index contributed by atoms with van der Waals surface area (Å²) in [4.78, 5) is 22.8. The van der Waals surface area contributed by atoms with Crippen molar-refractivity contribution in [2.24, 2.45) is 0 Å². The first-order valence-corrected chi connectivity index (χ1v) is 23.7. The summed E-state index contributed by atoms with van der Waals surface area (Å²) in [5, 5.41) is 13.5. The van der Waals surface area contributed by atoms with Gasteiger partial charge in [0.05, 0.1) is 39.9 Å². The molecule has 0 aromatic carbocycles. The van der Waals surface area contributed by atoms with Crippen LogP contribution in [0.5, 0.6) is 0 Å². The van der Waals surface area contributed by atoms with Gasteiger partial charge in [0.15, 0.2) is 0 Å². The molecule has 0 saturated carbocycles. The van der Waals surface area contributed by atoms with Crippen LogP contribution in [0.25, 0.3) is 0 Å². The summed E-state index contributed by atoms with van der Waals surface area (Å²) in [5.41, 5.74) is 0. The lowest BCUT2D eigenvalue weighted by Crippen LogP contribution is -2.45. The number of likely N-dealkylation sites (N-methyl/N-ethyl adjacent to an activating group) is 1. The van der Waals surface area contributed by atoms with E-state index in [0.717, 1.165) is 38.5 Å². The van der Waals surface area contributed by atoms with Gasteiger partial charge in [-0.1, -0.05) is 179 Å². The van der Waals surface area contributed by atoms with Gasteiger partial charge in [0.1, 0.15) is 13.2 Å². The monoisotopic (exact) mass is 772 g/mol. The van der Waals surface area contributed by atoms with Crippen LogP contribution in [0, 0.1) is 0 Å². The lowest BCUT2D eigenvalue weighted by Gasteiger charge is -2.25. The van der Waals surface area contributed by atoms with E-state index in [1.165, 1.54) is 141 Å². The highest BCUT2D eigenvalue weighted by atomic mass is 31.2. The molecule has 9 heteroatoms. The summed E-state index contributed by atoms with van der Waals surface area (Å²) >= 11 is 0. The van der Waals surface area contributed by atoms with Gasteiger partial charge >= 0.3 is 7.82 Å². The number of phosphoric acid groups is 1. The molecule has 53 heavy (non-hydrogen) atoms. The van der Waals surface area contributed by atoms with Crippen LogP contribution in [0.3, 0.4) is 0 Å². The quantitative estimate of drug-likeness (QED) is 0.0248. The molecule has 3 unspecified atom stereocenters. The molecule has 3 atom stereocenters. The maximum absolute atomic E-state index is 12.7. The summed E-state index contributed by atoms with van der Waals surface area (Å²) < 4.78 is 23.3. The molecular weight excluding hydrogens is 683 g/mol. The average molecular weight is 772 g/mol. The maximum atomic E-state index is 12.7. The molecule has 314 valence electrons. The van der Waals surface area contributed by atoms with Crippen molar-refractivity contribution in [2.45, 2.75) is 212 Å². The van der Waals surface area contributed by atoms with Crippen LogP contribution in [-0.4, -0.2) is 73.4 Å². The van der Waals surface area contributed by atoms with Crippen molar-refractivity contribution in [1.82, 2.24) is 5.32 Å². The highest BCUT2D eigenvalue weighted by molar-refractivity contribution is 7.47. The maximum Gasteiger partial charge on any atom is 0.472 e. The fraction of sp³-hybridized carbons (Fsp3) is 0.886. The van der Waals surface area contributed by atoms with Gasteiger partial charge in [-0.15, -0.1) is 0 Å². The number of hydrogen-bond acceptors (Lipinski definition) is 5. The number of carbonyl (C=O) groups is 1. The van der Waals surface area contributed by atoms with Crippen molar-refractivity contribution in [3.05, 3.63) is 24.3 Å². The Morgan fingerprint density at radius 2 is 1.04 bits per heavy atom. The van der Waals surface area contributed by atoms with Crippen LogP contribution in [-0.2, 0) is 18.4 Å². The number of nitrogens with zero attached hydrogens (tertiary/aromatic N) is 1. The molecule has 0 bridgehead atoms. The Kier molecular flexibility index (Phi) is 35.9. The zero-order valence-corrected chi connectivity index (χ0v) is 36.4. The van der Waals surface area contributed by atoms with E-state index >= 15 is 0 Å². The largest absolute Gasteiger partial charge is 0.472 e. The van der Waals surface area contributed by atoms with Crippen molar-refractivity contribution in [3.8, 4) is 0 Å². The van der Waals surface area contributed by atoms with Gasteiger partial charge < -0.3 is 19.8 Å². The van der Waals surface area contributed by atoms with Crippen LogP contribution in [0.2, 0.25) is 0 Å². The van der Waals surface area contributed by atoms with Gasteiger partial charge in [-0.25, -0.2) is 4.57 Å². The predicted molar refractivity (Wildman–Crippen MR) is 226 cm³/mol. The molecule has 0 fully saturated rings. The van der Waals surface area contributed by atoms with Crippen molar-refractivity contribution in [2.75, 3.05) is 40.9 Å². The number of quaternary nitrogens is 1. The fourth-order valence-corrected chi connectivity index (χ4v) is 7.05. The van der Waals surface area contributed by atoms with E-state index in [2.05, 4.69) is 31.3 Å². The first kappa shape index (κ1) is 52.0. The summed E-state index contributed by atoms with van der Waals surface area (Å²) in [5.74, 6) is -0.185. The summed E-state index contributed by atoms with van der Waals surface area (Å²) in [6.45, 7) is 4.66. The fourth-order valence-electron chi connectivity index (χ4n) is 6.32. The van der Waals surface area contributed by atoms with E-state index < -0.39 is 20.0 Å². The van der Waals surface area contributed by atoms with Crippen LogP contribution in [0.4, 0.5) is 0 Å². The minimum atomic E-state index is -4.31. The van der Waals surface area contributed by atoms with Gasteiger partial charge in [-0.3, -0.25) is 13.8 Å². The number of aliphatic hydroxyl groups is 1. The number of amides is 1. The number of aliphatic hydroxyl groups excluding tert-OH is 1. The molecule has 0 rings (SSSR count). The summed E-state index contributed by atoms with van der Waals surface area (Å²) in [6.07, 6.45) is 43.3. The Morgan fingerprint density at radius 3 is 1.49 bits per heavy atom. The highest BCUT2D eigenvalue weighted by Crippen LogP contribution is 2.43. The Morgan fingerprint density at radius 1 is 0.623 bits per heavy atom. The van der Waals surface area contributed by atoms with Gasteiger partial charge in [0.2, 0.25) is 5.91 Å². The second-order valence-electron chi connectivity index (χ2n) is 16.4. The molecule has 0 aromatic rings. The first-order valence-electron chi connectivity index (χ1n) is 22.2. The van der Waals surface area contributed by atoms with Gasteiger partial charge in [0, 0.05) is 6.42 Å². The minimum Gasteiger partial charge on any atom is -0.387 e. The second kappa shape index (κ2) is 36.6. The number of unbranched alkanes of at least 4 members (excludes halogenated alkanes) is 25. The number of allylic oxidation sites excluding steroid dienone is 3. The van der Waals surface area contributed by atoms with E-state index in [1.54, 1.807) is 6.08 Å². The van der Waals surface area contributed by atoms with Crippen molar-refractivity contribution in [1.29, 1.82) is 0 Å². The molecule has 8 nitrogen and oxygen atoms in total. The van der Waals surface area contributed by atoms with E-state index in [4.69, 9.17) is 9.05 Å². The number of carbonyl (C=O) groups excluding carboxylic acids is 1. The molecule has 0 aliphatic heterocycles. The smallest absolute Gasteiger partial charge is 0.387 e. The lowest BCUT2D eigenvalue weighted by molar-refractivity contribution is -0.870. The van der Waals surface area contributed by atoms with E-state index in [9.17, 15) is 19.4 Å². The molecule has 0 aliphatic carbocycles. The second-order valence-corrected chi connectivity index (χ2v) is 17.9. The normalized spacial score (nSPS) is 14.6. The van der Waals surface area contributed by atoms with E-state index in [-0.39, 0.29) is 19.1 Å². The molecule has 0 heterocycles. The van der Waals surface area contributed by atoms with Crippen LogP contribution >= 0.6 is 7.82 Å². The van der Waals surface area contributed by atoms with E-state index in [1.807, 2.05) is 27.2 Å². The van der Waals surface area contributed by atoms with Crippen LogP contribution in [0.1, 0.15) is 200 Å². The Hall–Kier alpha value is -1.02. The van der Waals surface area contributed by atoms with E-state index in [0.29, 0.717) is 17.4 Å². The number of phosphoric ester groups is 1. The molecule has 3 N–H and O–H groups in total. The number of hydrogen-bond donors (Lipinski definition) is 3. The number of rotatable bonds is 40. The highest BCUT2D eigenvalue weighted by Gasteiger charge is 2.27. The number of nitrogens with one attached hydrogen (secondary N) is 1. The molecule has 0 saturated heterocycles. The molecule has 1 amide bonds. The molecule has 0 spiro atoms. The SMILES string of the molecule is CCCC/C=C/C(O)C(COP(=O)(O)OCC[N+](C)(C)C)NC(=O)CCCCCCCCCCCCCCCCC/C=C\CCCCCCCCCC. The Balaban J connectivity index is 3.87. The lowest BCUT2D eigenvalue weighted by atomic mass is 10.0. The van der Waals surface area contributed by atoms with Gasteiger partial charge in [-0.2, -0.15) is 0 Å². The first-order chi connectivity index (χ1) is 25.5. The molecule has 0 aliphatic rings. The Labute approximate surface area is 328 Å². The van der Waals surface area contributed by atoms with Crippen molar-refractivity contribution >= 4 is 13.7 Å². The minimum absolute atomic E-state index is 0.0615. The molecule has 0 aromatic heterocycles. The predicted octanol–water partition coefficient (Wildman–Crippen LogP) is 12.1. The summed E-state index contributed by atoms with van der Waals surface area (Å²) in [6, 6.07) is -0.838.